The van der Waals surface area contributed by atoms with E-state index in [0.717, 1.165) is 25.3 Å². The molecular formula is C16H29N3. The Morgan fingerprint density at radius 1 is 1.26 bits per heavy atom. The third-order valence-corrected chi connectivity index (χ3v) is 4.48. The van der Waals surface area contributed by atoms with E-state index < -0.39 is 0 Å². The summed E-state index contributed by atoms with van der Waals surface area (Å²) in [7, 11) is 2.03. The van der Waals surface area contributed by atoms with Gasteiger partial charge in [-0.1, -0.05) is 33.6 Å². The highest BCUT2D eigenvalue weighted by Gasteiger charge is 2.25. The summed E-state index contributed by atoms with van der Waals surface area (Å²) >= 11 is 0. The van der Waals surface area contributed by atoms with Crippen LogP contribution in [0.2, 0.25) is 0 Å². The first-order valence-electron chi connectivity index (χ1n) is 7.94. The van der Waals surface area contributed by atoms with Crippen LogP contribution < -0.4 is 5.32 Å². The third kappa shape index (κ3) is 3.02. The quantitative estimate of drug-likeness (QED) is 0.881. The van der Waals surface area contributed by atoms with Crippen molar-refractivity contribution in [3.8, 4) is 0 Å². The van der Waals surface area contributed by atoms with Gasteiger partial charge in [0.2, 0.25) is 0 Å². The van der Waals surface area contributed by atoms with Crippen LogP contribution in [0.15, 0.2) is 0 Å². The van der Waals surface area contributed by atoms with Crippen LogP contribution in [-0.2, 0) is 19.4 Å². The Bertz CT molecular complexity index is 408. The smallest absolute Gasteiger partial charge is 0.0669 e. The highest BCUT2D eigenvalue weighted by Crippen LogP contribution is 2.34. The Balaban J connectivity index is 2.33. The lowest BCUT2D eigenvalue weighted by Crippen LogP contribution is -2.21. The number of hydrogen-bond acceptors (Lipinski definition) is 2. The van der Waals surface area contributed by atoms with Gasteiger partial charge in [0.15, 0.2) is 0 Å². The van der Waals surface area contributed by atoms with E-state index in [2.05, 4.69) is 30.8 Å². The zero-order valence-corrected chi connectivity index (χ0v) is 13.0. The second kappa shape index (κ2) is 6.56. The number of nitrogens with zero attached hydrogens (tertiary/aromatic N) is 2. The molecule has 108 valence electrons. The molecule has 1 aliphatic rings. The lowest BCUT2D eigenvalue weighted by molar-refractivity contribution is 0.261. The van der Waals surface area contributed by atoms with Gasteiger partial charge in [0, 0.05) is 17.8 Å². The Morgan fingerprint density at radius 2 is 2.05 bits per heavy atom. The van der Waals surface area contributed by atoms with Crippen molar-refractivity contribution in [3.05, 3.63) is 17.0 Å². The van der Waals surface area contributed by atoms with Gasteiger partial charge < -0.3 is 5.32 Å². The summed E-state index contributed by atoms with van der Waals surface area (Å²) in [4.78, 5) is 0. The fourth-order valence-corrected chi connectivity index (χ4v) is 3.52. The standard InChI is InChI=1S/C16H29N3/c1-5-15-14(11-17-4)16(6-2)19(18-15)13-9-7-8-12(3)10-13/h12-13,17H,5-11H2,1-4H3. The molecule has 2 rings (SSSR count). The second-order valence-electron chi connectivity index (χ2n) is 5.98. The number of aryl methyl sites for hydroxylation is 1. The van der Waals surface area contributed by atoms with Gasteiger partial charge in [0.1, 0.15) is 0 Å². The van der Waals surface area contributed by atoms with Gasteiger partial charge in [-0.3, -0.25) is 4.68 Å². The molecule has 2 atom stereocenters. The van der Waals surface area contributed by atoms with Crippen LogP contribution in [-0.4, -0.2) is 16.8 Å². The minimum atomic E-state index is 0.634. The van der Waals surface area contributed by atoms with Crippen molar-refractivity contribution < 1.29 is 0 Å². The zero-order valence-electron chi connectivity index (χ0n) is 13.0. The maximum Gasteiger partial charge on any atom is 0.0669 e. The van der Waals surface area contributed by atoms with Crippen molar-refractivity contribution in [2.24, 2.45) is 5.92 Å². The van der Waals surface area contributed by atoms with Gasteiger partial charge >= 0.3 is 0 Å². The Morgan fingerprint density at radius 3 is 2.63 bits per heavy atom. The molecule has 1 aromatic rings. The summed E-state index contributed by atoms with van der Waals surface area (Å²) < 4.78 is 2.38. The van der Waals surface area contributed by atoms with Crippen molar-refractivity contribution in [2.75, 3.05) is 7.05 Å². The average molecular weight is 263 g/mol. The predicted octanol–water partition coefficient (Wildman–Crippen LogP) is 3.48. The first-order chi connectivity index (χ1) is 9.21. The molecule has 19 heavy (non-hydrogen) atoms. The van der Waals surface area contributed by atoms with E-state index in [0.29, 0.717) is 6.04 Å². The molecule has 1 aromatic heterocycles. The minimum absolute atomic E-state index is 0.634. The number of rotatable bonds is 5. The van der Waals surface area contributed by atoms with Gasteiger partial charge in [0.05, 0.1) is 11.7 Å². The summed E-state index contributed by atoms with van der Waals surface area (Å²) in [5.41, 5.74) is 4.21. The molecule has 0 aromatic carbocycles. The first-order valence-corrected chi connectivity index (χ1v) is 7.94. The molecule has 1 N–H and O–H groups in total. The fraction of sp³-hybridized carbons (Fsp3) is 0.812. The van der Waals surface area contributed by atoms with E-state index in [1.165, 1.54) is 42.6 Å². The third-order valence-electron chi connectivity index (χ3n) is 4.48. The number of hydrogen-bond donors (Lipinski definition) is 1. The average Bonchev–Trinajstić information content (AvgIpc) is 2.77. The molecule has 1 heterocycles. The topological polar surface area (TPSA) is 29.9 Å². The van der Waals surface area contributed by atoms with E-state index in [4.69, 9.17) is 5.10 Å². The lowest BCUT2D eigenvalue weighted by Gasteiger charge is -2.28. The zero-order chi connectivity index (χ0) is 13.8. The molecule has 0 radical (unpaired) electrons. The van der Waals surface area contributed by atoms with Crippen LogP contribution in [0.3, 0.4) is 0 Å². The van der Waals surface area contributed by atoms with Crippen LogP contribution in [0.4, 0.5) is 0 Å². The van der Waals surface area contributed by atoms with E-state index in [1.807, 2.05) is 7.05 Å². The normalized spacial score (nSPS) is 23.8. The molecule has 0 spiro atoms. The maximum absolute atomic E-state index is 4.95. The summed E-state index contributed by atoms with van der Waals surface area (Å²) in [6, 6.07) is 0.634. The van der Waals surface area contributed by atoms with Gasteiger partial charge in [-0.25, -0.2) is 0 Å². The summed E-state index contributed by atoms with van der Waals surface area (Å²) in [5.74, 6) is 0.852. The lowest BCUT2D eigenvalue weighted by atomic mass is 9.87. The molecule has 1 fully saturated rings. The SMILES string of the molecule is CCc1nn(C2CCCC(C)C2)c(CC)c1CNC. The Kier molecular flexibility index (Phi) is 5.03. The molecule has 2 unspecified atom stereocenters. The molecule has 1 aliphatic carbocycles. The van der Waals surface area contributed by atoms with Crippen LogP contribution >= 0.6 is 0 Å². The molecule has 0 saturated heterocycles. The van der Waals surface area contributed by atoms with Crippen LogP contribution in [0.5, 0.6) is 0 Å². The molecular weight excluding hydrogens is 234 g/mol. The predicted molar refractivity (Wildman–Crippen MR) is 80.4 cm³/mol. The molecule has 1 saturated carbocycles. The van der Waals surface area contributed by atoms with Crippen molar-refractivity contribution >= 4 is 0 Å². The number of aromatic nitrogens is 2. The van der Waals surface area contributed by atoms with Gasteiger partial charge in [-0.05, 0) is 38.6 Å². The summed E-state index contributed by atoms with van der Waals surface area (Å²) in [5, 5.41) is 8.26. The van der Waals surface area contributed by atoms with Crippen LogP contribution in [0.1, 0.15) is 69.4 Å². The molecule has 3 nitrogen and oxygen atoms in total. The van der Waals surface area contributed by atoms with Gasteiger partial charge in [-0.15, -0.1) is 0 Å². The summed E-state index contributed by atoms with van der Waals surface area (Å²) in [6.07, 6.45) is 7.49. The molecule has 0 aliphatic heterocycles. The number of nitrogens with one attached hydrogen (secondary N) is 1. The highest BCUT2D eigenvalue weighted by molar-refractivity contribution is 5.27. The van der Waals surface area contributed by atoms with E-state index in [9.17, 15) is 0 Å². The minimum Gasteiger partial charge on any atom is -0.316 e. The summed E-state index contributed by atoms with van der Waals surface area (Å²) in [6.45, 7) is 7.82. The van der Waals surface area contributed by atoms with Crippen LogP contribution in [0, 0.1) is 5.92 Å². The largest absolute Gasteiger partial charge is 0.316 e. The van der Waals surface area contributed by atoms with E-state index in [-0.39, 0.29) is 0 Å². The fourth-order valence-electron chi connectivity index (χ4n) is 3.52. The highest BCUT2D eigenvalue weighted by atomic mass is 15.3. The molecule has 3 heteroatoms. The van der Waals surface area contributed by atoms with Gasteiger partial charge in [-0.2, -0.15) is 5.10 Å². The van der Waals surface area contributed by atoms with Crippen molar-refractivity contribution in [1.82, 2.24) is 15.1 Å². The van der Waals surface area contributed by atoms with Gasteiger partial charge in [0.25, 0.3) is 0 Å². The molecule has 0 bridgehead atoms. The van der Waals surface area contributed by atoms with Crippen molar-refractivity contribution in [2.45, 2.75) is 71.9 Å². The maximum atomic E-state index is 4.95. The van der Waals surface area contributed by atoms with E-state index in [1.54, 1.807) is 0 Å². The second-order valence-corrected chi connectivity index (χ2v) is 5.98. The Hall–Kier alpha value is -0.830. The van der Waals surface area contributed by atoms with Crippen LogP contribution in [0.25, 0.3) is 0 Å². The first kappa shape index (κ1) is 14.6. The Labute approximate surface area is 117 Å². The van der Waals surface area contributed by atoms with E-state index >= 15 is 0 Å². The van der Waals surface area contributed by atoms with Crippen molar-refractivity contribution in [1.29, 1.82) is 0 Å². The van der Waals surface area contributed by atoms with Crippen molar-refractivity contribution in [3.63, 3.8) is 0 Å². The monoisotopic (exact) mass is 263 g/mol. The molecule has 0 amide bonds.